The number of aliphatic carboxylic acids is 1. The molecule has 3 aromatic carbocycles. The predicted molar refractivity (Wildman–Crippen MR) is 144 cm³/mol. The molecular weight excluding hydrogens is 434 g/mol. The molecule has 1 aliphatic rings. The number of allylic oxidation sites excluding steroid dienone is 1. The van der Waals surface area contributed by atoms with Gasteiger partial charge in [-0.2, -0.15) is 0 Å². The van der Waals surface area contributed by atoms with E-state index >= 15 is 0 Å². The number of carboxylic acid groups (broad SMARTS) is 1. The molecule has 0 aromatic heterocycles. The smallest absolute Gasteiger partial charge is 0.328 e. The van der Waals surface area contributed by atoms with Crippen LogP contribution in [0.2, 0.25) is 0 Å². The number of carboxylic acids is 1. The predicted octanol–water partition coefficient (Wildman–Crippen LogP) is 5.84. The average molecular weight is 466 g/mol. The molecule has 35 heavy (non-hydrogen) atoms. The van der Waals surface area contributed by atoms with Gasteiger partial charge in [0, 0.05) is 42.8 Å². The molecule has 3 N–H and O–H groups in total. The summed E-state index contributed by atoms with van der Waals surface area (Å²) in [5, 5.41) is 19.8. The van der Waals surface area contributed by atoms with Crippen LogP contribution >= 0.6 is 0 Å². The van der Waals surface area contributed by atoms with Crippen molar-refractivity contribution in [2.24, 2.45) is 0 Å². The Hall–Kier alpha value is -4.12. The number of carbonyl (C=O) groups is 1. The molecule has 0 radical (unpaired) electrons. The van der Waals surface area contributed by atoms with Crippen LogP contribution in [-0.2, 0) is 11.2 Å². The monoisotopic (exact) mass is 465 g/mol. The molecule has 178 valence electrons. The van der Waals surface area contributed by atoms with Gasteiger partial charge < -0.3 is 20.7 Å². The third-order valence-corrected chi connectivity index (χ3v) is 6.50. The summed E-state index contributed by atoms with van der Waals surface area (Å²) in [5.41, 5.74) is 8.80. The van der Waals surface area contributed by atoms with Gasteiger partial charge in [-0.05, 0) is 66.3 Å². The minimum Gasteiger partial charge on any atom is -0.478 e. The summed E-state index contributed by atoms with van der Waals surface area (Å²) in [5.74, 6) is -0.956. The van der Waals surface area contributed by atoms with E-state index < -0.39 is 5.97 Å². The van der Waals surface area contributed by atoms with Crippen LogP contribution in [0.25, 0.3) is 11.6 Å². The highest BCUT2D eigenvalue weighted by atomic mass is 16.4. The number of nitrogens with zero attached hydrogens (tertiary/aromatic N) is 1. The molecule has 0 bridgehead atoms. The standard InChI is InChI=1S/C30H31N3O2/c1-20-4-12-27(13-5-20)33-21(2)16-25-17-24(26(18-31)19-32-3)11-14-28(25)30(33)23-9-6-22(7-10-23)8-15-29(34)35/h4-15,17-19,21,30-32H,16H2,1-3H3,(H,34,35)/b15-8+,26-19+,31-18?/t21-,30-/m1/s1. The highest BCUT2D eigenvalue weighted by Crippen LogP contribution is 2.41. The number of benzene rings is 3. The minimum absolute atomic E-state index is 0.0136. The summed E-state index contributed by atoms with van der Waals surface area (Å²) in [6.45, 7) is 4.36. The fraction of sp³-hybridized carbons (Fsp3) is 0.200. The van der Waals surface area contributed by atoms with E-state index in [0.29, 0.717) is 0 Å². The zero-order valence-electron chi connectivity index (χ0n) is 20.3. The molecule has 0 aliphatic carbocycles. The van der Waals surface area contributed by atoms with Crippen molar-refractivity contribution < 1.29 is 9.90 Å². The fourth-order valence-corrected chi connectivity index (χ4v) is 4.83. The van der Waals surface area contributed by atoms with E-state index in [4.69, 9.17) is 10.5 Å². The van der Waals surface area contributed by atoms with Gasteiger partial charge >= 0.3 is 5.97 Å². The molecular formula is C30H31N3O2. The van der Waals surface area contributed by atoms with Crippen LogP contribution < -0.4 is 10.2 Å². The van der Waals surface area contributed by atoms with Gasteiger partial charge in [-0.1, -0.05) is 60.2 Å². The lowest BCUT2D eigenvalue weighted by Gasteiger charge is -2.44. The number of fused-ring (bicyclic) bond motifs is 1. The van der Waals surface area contributed by atoms with Gasteiger partial charge in [0.05, 0.1) is 6.04 Å². The van der Waals surface area contributed by atoms with Gasteiger partial charge in [-0.25, -0.2) is 4.79 Å². The topological polar surface area (TPSA) is 76.4 Å². The minimum atomic E-state index is -0.956. The van der Waals surface area contributed by atoms with Crippen LogP contribution in [0.5, 0.6) is 0 Å². The number of hydrogen-bond donors (Lipinski definition) is 3. The molecule has 3 aromatic rings. The number of rotatable bonds is 7. The first-order valence-electron chi connectivity index (χ1n) is 11.8. The van der Waals surface area contributed by atoms with Crippen LogP contribution in [0, 0.1) is 12.3 Å². The van der Waals surface area contributed by atoms with E-state index in [0.717, 1.165) is 34.8 Å². The Bertz CT molecular complexity index is 1270. The lowest BCUT2D eigenvalue weighted by molar-refractivity contribution is -0.131. The first-order chi connectivity index (χ1) is 16.9. The van der Waals surface area contributed by atoms with Gasteiger partial charge in [0.15, 0.2) is 0 Å². The van der Waals surface area contributed by atoms with E-state index in [1.54, 1.807) is 6.08 Å². The first kappa shape index (κ1) is 24.0. The van der Waals surface area contributed by atoms with E-state index in [1.807, 2.05) is 25.4 Å². The Morgan fingerprint density at radius 1 is 1.09 bits per heavy atom. The summed E-state index contributed by atoms with van der Waals surface area (Å²) in [7, 11) is 1.84. The van der Waals surface area contributed by atoms with Crippen molar-refractivity contribution in [1.29, 1.82) is 5.41 Å². The van der Waals surface area contributed by atoms with Crippen molar-refractivity contribution in [3.05, 3.63) is 112 Å². The van der Waals surface area contributed by atoms with Crippen molar-refractivity contribution in [3.63, 3.8) is 0 Å². The Morgan fingerprint density at radius 3 is 2.43 bits per heavy atom. The summed E-state index contributed by atoms with van der Waals surface area (Å²) in [4.78, 5) is 13.4. The molecule has 1 heterocycles. The molecule has 0 saturated carbocycles. The maximum atomic E-state index is 10.9. The molecule has 0 amide bonds. The molecule has 0 unspecified atom stereocenters. The normalized spacial score (nSPS) is 17.8. The van der Waals surface area contributed by atoms with Crippen LogP contribution in [0.1, 0.15) is 46.3 Å². The number of hydrogen-bond acceptors (Lipinski definition) is 4. The quantitative estimate of drug-likeness (QED) is 0.302. The Kier molecular flexibility index (Phi) is 7.16. The van der Waals surface area contributed by atoms with Crippen molar-refractivity contribution in [2.75, 3.05) is 11.9 Å². The second-order valence-electron chi connectivity index (χ2n) is 8.98. The largest absolute Gasteiger partial charge is 0.478 e. The number of aryl methyl sites for hydroxylation is 1. The van der Waals surface area contributed by atoms with Gasteiger partial charge in [0.2, 0.25) is 0 Å². The summed E-state index contributed by atoms with van der Waals surface area (Å²) in [6.07, 6.45) is 6.90. The second kappa shape index (κ2) is 10.4. The third-order valence-electron chi connectivity index (χ3n) is 6.50. The number of anilines is 1. The van der Waals surface area contributed by atoms with Crippen LogP contribution in [0.15, 0.2) is 79.0 Å². The Morgan fingerprint density at radius 2 is 1.80 bits per heavy atom. The van der Waals surface area contributed by atoms with Crippen LogP contribution in [0.4, 0.5) is 5.69 Å². The zero-order valence-corrected chi connectivity index (χ0v) is 20.3. The summed E-state index contributed by atoms with van der Waals surface area (Å²) >= 11 is 0. The summed E-state index contributed by atoms with van der Waals surface area (Å²) in [6, 6.07) is 23.6. The van der Waals surface area contributed by atoms with E-state index in [2.05, 4.69) is 78.7 Å². The molecule has 0 spiro atoms. The lowest BCUT2D eigenvalue weighted by atomic mass is 9.83. The fourth-order valence-electron chi connectivity index (χ4n) is 4.83. The van der Waals surface area contributed by atoms with Gasteiger partial charge in [0.25, 0.3) is 0 Å². The highest BCUT2D eigenvalue weighted by Gasteiger charge is 2.33. The first-order valence-corrected chi connectivity index (χ1v) is 11.8. The zero-order chi connectivity index (χ0) is 24.9. The van der Waals surface area contributed by atoms with Crippen molar-refractivity contribution >= 4 is 29.5 Å². The lowest BCUT2D eigenvalue weighted by Crippen LogP contribution is -2.43. The summed E-state index contributed by atoms with van der Waals surface area (Å²) < 4.78 is 0. The van der Waals surface area contributed by atoms with Crippen LogP contribution in [0.3, 0.4) is 0 Å². The van der Waals surface area contributed by atoms with Crippen molar-refractivity contribution in [1.82, 2.24) is 5.32 Å². The second-order valence-corrected chi connectivity index (χ2v) is 8.98. The molecule has 5 heteroatoms. The molecule has 0 saturated heterocycles. The molecule has 4 rings (SSSR count). The Balaban J connectivity index is 1.83. The Labute approximate surface area is 206 Å². The SMILES string of the molecule is CN/C=C(\C=N)c1ccc2c(c1)C[C@@H](C)N(c1ccc(C)cc1)[C@@H]2c1ccc(/C=C/C(=O)O)cc1. The van der Waals surface area contributed by atoms with E-state index in [-0.39, 0.29) is 12.1 Å². The van der Waals surface area contributed by atoms with Gasteiger partial charge in [0.1, 0.15) is 0 Å². The van der Waals surface area contributed by atoms with Gasteiger partial charge in [-0.15, -0.1) is 0 Å². The van der Waals surface area contributed by atoms with E-state index in [1.165, 1.54) is 28.6 Å². The van der Waals surface area contributed by atoms with Crippen molar-refractivity contribution in [3.8, 4) is 0 Å². The van der Waals surface area contributed by atoms with Crippen molar-refractivity contribution in [2.45, 2.75) is 32.4 Å². The number of nitrogens with one attached hydrogen (secondary N) is 2. The van der Waals surface area contributed by atoms with Gasteiger partial charge in [-0.3, -0.25) is 0 Å². The third kappa shape index (κ3) is 5.19. The molecule has 5 nitrogen and oxygen atoms in total. The highest BCUT2D eigenvalue weighted by molar-refractivity contribution is 6.08. The molecule has 1 aliphatic heterocycles. The molecule has 2 atom stereocenters. The average Bonchev–Trinajstić information content (AvgIpc) is 2.86. The van der Waals surface area contributed by atoms with Crippen LogP contribution in [-0.4, -0.2) is 30.4 Å². The maximum Gasteiger partial charge on any atom is 0.328 e. The maximum absolute atomic E-state index is 10.9. The molecule has 0 fully saturated rings. The van der Waals surface area contributed by atoms with E-state index in [9.17, 15) is 4.79 Å².